The molecule has 11 heavy (non-hydrogen) atoms. The molecule has 2 rings (SSSR count). The van der Waals surface area contributed by atoms with Crippen LogP contribution in [0.1, 0.15) is 11.7 Å². The lowest BCUT2D eigenvalue weighted by Crippen LogP contribution is -1.97. The maximum Gasteiger partial charge on any atom is 0.128 e. The van der Waals surface area contributed by atoms with Crippen molar-refractivity contribution in [1.82, 2.24) is 0 Å². The van der Waals surface area contributed by atoms with Crippen molar-refractivity contribution < 1.29 is 14.2 Å². The van der Waals surface area contributed by atoms with E-state index in [2.05, 4.69) is 0 Å². The SMILES string of the molecule is O[C@@H]1COc2cc(F)ccc21. The number of ether oxygens (including phenoxy) is 1. The Morgan fingerprint density at radius 3 is 3.18 bits per heavy atom. The van der Waals surface area contributed by atoms with E-state index in [9.17, 15) is 9.50 Å². The summed E-state index contributed by atoms with van der Waals surface area (Å²) < 4.78 is 17.5. The van der Waals surface area contributed by atoms with E-state index in [1.807, 2.05) is 0 Å². The molecule has 1 aliphatic rings. The Balaban J connectivity index is 2.50. The quantitative estimate of drug-likeness (QED) is 0.609. The van der Waals surface area contributed by atoms with Crippen LogP contribution in [0.3, 0.4) is 0 Å². The van der Waals surface area contributed by atoms with E-state index in [1.165, 1.54) is 12.1 Å². The second-order valence-electron chi connectivity index (χ2n) is 2.51. The molecule has 0 saturated carbocycles. The first-order valence-corrected chi connectivity index (χ1v) is 3.37. The standard InChI is InChI=1S/C8H7FO2/c9-5-1-2-6-7(10)4-11-8(6)3-5/h1-3,7,10H,4H2/t7-/m1/s1. The maximum absolute atomic E-state index is 12.5. The summed E-state index contributed by atoms with van der Waals surface area (Å²) in [6.45, 7) is 0.235. The van der Waals surface area contributed by atoms with Gasteiger partial charge in [0.25, 0.3) is 0 Å². The highest BCUT2D eigenvalue weighted by Gasteiger charge is 2.21. The fraction of sp³-hybridized carbons (Fsp3) is 0.250. The van der Waals surface area contributed by atoms with Crippen molar-refractivity contribution in [3.05, 3.63) is 29.6 Å². The van der Waals surface area contributed by atoms with Gasteiger partial charge in [0.1, 0.15) is 24.3 Å². The number of rotatable bonds is 0. The summed E-state index contributed by atoms with van der Waals surface area (Å²) in [4.78, 5) is 0. The molecule has 1 aliphatic heterocycles. The highest BCUT2D eigenvalue weighted by molar-refractivity contribution is 5.38. The summed E-state index contributed by atoms with van der Waals surface area (Å²) in [7, 11) is 0. The van der Waals surface area contributed by atoms with E-state index in [0.717, 1.165) is 0 Å². The predicted molar refractivity (Wildman–Crippen MR) is 36.9 cm³/mol. The molecule has 0 spiro atoms. The largest absolute Gasteiger partial charge is 0.490 e. The third kappa shape index (κ3) is 0.973. The third-order valence-corrected chi connectivity index (χ3v) is 1.73. The number of fused-ring (bicyclic) bond motifs is 1. The molecule has 2 nitrogen and oxygen atoms in total. The van der Waals surface area contributed by atoms with Crippen LogP contribution in [-0.2, 0) is 0 Å². The summed E-state index contributed by atoms with van der Waals surface area (Å²) >= 11 is 0. The summed E-state index contributed by atoms with van der Waals surface area (Å²) in [5.74, 6) is 0.121. The molecule has 1 aromatic carbocycles. The molecule has 0 radical (unpaired) electrons. The molecular formula is C8H7FO2. The second kappa shape index (κ2) is 2.20. The lowest BCUT2D eigenvalue weighted by molar-refractivity contribution is 0.140. The van der Waals surface area contributed by atoms with Crippen molar-refractivity contribution in [1.29, 1.82) is 0 Å². The number of hydrogen-bond donors (Lipinski definition) is 1. The monoisotopic (exact) mass is 154 g/mol. The van der Waals surface area contributed by atoms with Crippen molar-refractivity contribution in [2.45, 2.75) is 6.10 Å². The van der Waals surface area contributed by atoms with Gasteiger partial charge in [0.15, 0.2) is 0 Å². The van der Waals surface area contributed by atoms with Crippen molar-refractivity contribution in [3.63, 3.8) is 0 Å². The van der Waals surface area contributed by atoms with Crippen LogP contribution in [0.25, 0.3) is 0 Å². The molecule has 0 saturated heterocycles. The van der Waals surface area contributed by atoms with E-state index < -0.39 is 6.10 Å². The predicted octanol–water partition coefficient (Wildman–Crippen LogP) is 1.25. The summed E-state index contributed by atoms with van der Waals surface area (Å²) in [6, 6.07) is 4.14. The zero-order chi connectivity index (χ0) is 7.84. The molecule has 0 aromatic heterocycles. The fourth-order valence-corrected chi connectivity index (χ4v) is 1.17. The topological polar surface area (TPSA) is 29.5 Å². The summed E-state index contributed by atoms with van der Waals surface area (Å²) in [5.41, 5.74) is 0.673. The molecule has 1 N–H and O–H groups in total. The minimum atomic E-state index is -0.592. The van der Waals surface area contributed by atoms with Crippen LogP contribution in [0.15, 0.2) is 18.2 Å². The lowest BCUT2D eigenvalue weighted by atomic mass is 10.1. The van der Waals surface area contributed by atoms with Crippen LogP contribution < -0.4 is 4.74 Å². The van der Waals surface area contributed by atoms with Gasteiger partial charge in [0.05, 0.1) is 0 Å². The second-order valence-corrected chi connectivity index (χ2v) is 2.51. The lowest BCUT2D eigenvalue weighted by Gasteiger charge is -1.97. The van der Waals surface area contributed by atoms with Gasteiger partial charge < -0.3 is 9.84 Å². The zero-order valence-electron chi connectivity index (χ0n) is 5.75. The van der Waals surface area contributed by atoms with E-state index in [4.69, 9.17) is 4.74 Å². The summed E-state index contributed by atoms with van der Waals surface area (Å²) in [6.07, 6.45) is -0.592. The molecule has 3 heteroatoms. The average Bonchev–Trinajstić information content (AvgIpc) is 2.32. The van der Waals surface area contributed by atoms with Gasteiger partial charge >= 0.3 is 0 Å². The Kier molecular flexibility index (Phi) is 1.32. The Morgan fingerprint density at radius 2 is 2.36 bits per heavy atom. The van der Waals surface area contributed by atoms with Gasteiger partial charge in [-0.25, -0.2) is 4.39 Å². The van der Waals surface area contributed by atoms with Crippen molar-refractivity contribution >= 4 is 0 Å². The molecule has 0 amide bonds. The van der Waals surface area contributed by atoms with Gasteiger partial charge in [-0.1, -0.05) is 0 Å². The van der Waals surface area contributed by atoms with Gasteiger partial charge in [0.2, 0.25) is 0 Å². The van der Waals surface area contributed by atoms with E-state index in [0.29, 0.717) is 11.3 Å². The Hall–Kier alpha value is -1.09. The van der Waals surface area contributed by atoms with Crippen LogP contribution in [0, 0.1) is 5.82 Å². The molecule has 58 valence electrons. The van der Waals surface area contributed by atoms with Crippen LogP contribution in [0.5, 0.6) is 5.75 Å². The zero-order valence-corrected chi connectivity index (χ0v) is 5.75. The first kappa shape index (κ1) is 6.61. The highest BCUT2D eigenvalue weighted by Crippen LogP contribution is 2.32. The first-order valence-electron chi connectivity index (χ1n) is 3.37. The van der Waals surface area contributed by atoms with Gasteiger partial charge in [-0.05, 0) is 12.1 Å². The van der Waals surface area contributed by atoms with Gasteiger partial charge in [0, 0.05) is 11.6 Å². The van der Waals surface area contributed by atoms with Crippen LogP contribution in [0.4, 0.5) is 4.39 Å². The average molecular weight is 154 g/mol. The molecule has 0 bridgehead atoms. The first-order chi connectivity index (χ1) is 5.27. The number of halogens is 1. The van der Waals surface area contributed by atoms with Crippen LogP contribution in [-0.4, -0.2) is 11.7 Å². The molecule has 1 heterocycles. The third-order valence-electron chi connectivity index (χ3n) is 1.73. The normalized spacial score (nSPS) is 21.1. The Labute approximate surface area is 63.2 Å². The molecule has 0 aliphatic carbocycles. The number of hydrogen-bond acceptors (Lipinski definition) is 2. The molecule has 0 unspecified atom stereocenters. The van der Waals surface area contributed by atoms with Crippen LogP contribution >= 0.6 is 0 Å². The molecular weight excluding hydrogens is 147 g/mol. The van der Waals surface area contributed by atoms with Crippen molar-refractivity contribution in [2.75, 3.05) is 6.61 Å². The Bertz CT molecular complexity index is 285. The Morgan fingerprint density at radius 1 is 1.55 bits per heavy atom. The van der Waals surface area contributed by atoms with E-state index in [-0.39, 0.29) is 12.4 Å². The van der Waals surface area contributed by atoms with Gasteiger partial charge in [-0.2, -0.15) is 0 Å². The highest BCUT2D eigenvalue weighted by atomic mass is 19.1. The van der Waals surface area contributed by atoms with E-state index >= 15 is 0 Å². The van der Waals surface area contributed by atoms with E-state index in [1.54, 1.807) is 6.07 Å². The molecule has 1 aromatic rings. The minimum Gasteiger partial charge on any atom is -0.490 e. The number of benzene rings is 1. The molecule has 0 fully saturated rings. The van der Waals surface area contributed by atoms with Gasteiger partial charge in [-0.15, -0.1) is 0 Å². The minimum absolute atomic E-state index is 0.235. The smallest absolute Gasteiger partial charge is 0.128 e. The van der Waals surface area contributed by atoms with Crippen molar-refractivity contribution in [2.24, 2.45) is 0 Å². The number of aliphatic hydroxyl groups is 1. The molecule has 1 atom stereocenters. The van der Waals surface area contributed by atoms with Crippen molar-refractivity contribution in [3.8, 4) is 5.75 Å². The fourth-order valence-electron chi connectivity index (χ4n) is 1.17. The number of aliphatic hydroxyl groups excluding tert-OH is 1. The van der Waals surface area contributed by atoms with Gasteiger partial charge in [-0.3, -0.25) is 0 Å². The van der Waals surface area contributed by atoms with Crippen LogP contribution in [0.2, 0.25) is 0 Å². The maximum atomic E-state index is 12.5. The summed E-state index contributed by atoms with van der Waals surface area (Å²) in [5, 5.41) is 9.22.